The Hall–Kier alpha value is -3.11. The van der Waals surface area contributed by atoms with E-state index in [1.807, 2.05) is 0 Å². The number of anilines is 3. The van der Waals surface area contributed by atoms with Crippen LogP contribution in [0.4, 0.5) is 30.2 Å². The number of nitrogens with zero attached hydrogens (tertiary/aromatic N) is 1. The average molecular weight is 485 g/mol. The Morgan fingerprint density at radius 3 is 2.09 bits per heavy atom. The topological polar surface area (TPSA) is 90.5 Å². The lowest BCUT2D eigenvalue weighted by molar-refractivity contribution is -0.137. The second-order valence-corrected chi connectivity index (χ2v) is 7.66. The standard InChI is InChI=1S/C22H24ClF3N4O3/c1-4-30(12-20(32)28-17-8-6-16(7-9-17)27-14(3)31)13(2)21(33)29-19-10-5-15(23)11-18(19)22(24,25)26/h5-11,13H,4,12H2,1-3H3,(H,27,31)(H,28,32)(H,29,33)/t13-/m0/s1. The van der Waals surface area contributed by atoms with Crippen LogP contribution in [0.3, 0.4) is 0 Å². The molecular formula is C22H24ClF3N4O3. The van der Waals surface area contributed by atoms with E-state index < -0.39 is 35.3 Å². The van der Waals surface area contributed by atoms with Crippen LogP contribution in [0.2, 0.25) is 5.02 Å². The van der Waals surface area contributed by atoms with Gasteiger partial charge in [0.2, 0.25) is 17.7 Å². The van der Waals surface area contributed by atoms with Gasteiger partial charge in [-0.05, 0) is 55.9 Å². The van der Waals surface area contributed by atoms with E-state index in [9.17, 15) is 27.6 Å². The molecule has 0 aliphatic heterocycles. The molecule has 0 fully saturated rings. The number of rotatable bonds is 8. The summed E-state index contributed by atoms with van der Waals surface area (Å²) in [6.07, 6.45) is -4.70. The van der Waals surface area contributed by atoms with Crippen molar-refractivity contribution in [2.75, 3.05) is 29.0 Å². The van der Waals surface area contributed by atoms with Crippen LogP contribution in [-0.4, -0.2) is 41.8 Å². The van der Waals surface area contributed by atoms with Gasteiger partial charge in [0.05, 0.1) is 23.8 Å². The maximum atomic E-state index is 13.3. The number of benzene rings is 2. The molecule has 1 atom stereocenters. The Kier molecular flexibility index (Phi) is 8.84. The summed E-state index contributed by atoms with van der Waals surface area (Å²) < 4.78 is 39.8. The van der Waals surface area contributed by atoms with Gasteiger partial charge in [0.25, 0.3) is 0 Å². The zero-order valence-electron chi connectivity index (χ0n) is 18.2. The van der Waals surface area contributed by atoms with Gasteiger partial charge in [-0.2, -0.15) is 13.2 Å². The molecule has 3 N–H and O–H groups in total. The number of alkyl halides is 3. The van der Waals surface area contributed by atoms with Crippen molar-refractivity contribution in [1.29, 1.82) is 0 Å². The van der Waals surface area contributed by atoms with Crippen molar-refractivity contribution in [1.82, 2.24) is 4.90 Å². The molecule has 0 spiro atoms. The Morgan fingerprint density at radius 1 is 1.00 bits per heavy atom. The van der Waals surface area contributed by atoms with Crippen LogP contribution in [0.5, 0.6) is 0 Å². The van der Waals surface area contributed by atoms with Crippen LogP contribution >= 0.6 is 11.6 Å². The highest BCUT2D eigenvalue weighted by Gasteiger charge is 2.35. The van der Waals surface area contributed by atoms with Crippen LogP contribution in [0.1, 0.15) is 26.3 Å². The third-order valence-electron chi connectivity index (χ3n) is 4.71. The van der Waals surface area contributed by atoms with Crippen molar-refractivity contribution >= 4 is 46.4 Å². The molecule has 2 rings (SSSR count). The lowest BCUT2D eigenvalue weighted by atomic mass is 10.1. The Balaban J connectivity index is 2.03. The summed E-state index contributed by atoms with van der Waals surface area (Å²) in [7, 11) is 0. The van der Waals surface area contributed by atoms with Crippen LogP contribution < -0.4 is 16.0 Å². The number of likely N-dealkylation sites (N-methyl/N-ethyl adjacent to an activating group) is 1. The Morgan fingerprint density at radius 2 is 1.58 bits per heavy atom. The summed E-state index contributed by atoms with van der Waals surface area (Å²) in [5.74, 6) is -1.33. The van der Waals surface area contributed by atoms with E-state index >= 15 is 0 Å². The van der Waals surface area contributed by atoms with Gasteiger partial charge in [-0.1, -0.05) is 18.5 Å². The third-order valence-corrected chi connectivity index (χ3v) is 4.95. The predicted octanol–water partition coefficient (Wildman–Crippen LogP) is 4.60. The summed E-state index contributed by atoms with van der Waals surface area (Å²) in [4.78, 5) is 37.6. The molecule has 0 heterocycles. The van der Waals surface area contributed by atoms with E-state index in [-0.39, 0.29) is 17.5 Å². The van der Waals surface area contributed by atoms with Crippen molar-refractivity contribution in [2.24, 2.45) is 0 Å². The second-order valence-electron chi connectivity index (χ2n) is 7.22. The summed E-state index contributed by atoms with van der Waals surface area (Å²) in [5, 5.41) is 7.46. The van der Waals surface area contributed by atoms with Gasteiger partial charge >= 0.3 is 6.18 Å². The number of hydrogen-bond acceptors (Lipinski definition) is 4. The van der Waals surface area contributed by atoms with E-state index in [0.29, 0.717) is 17.9 Å². The predicted molar refractivity (Wildman–Crippen MR) is 121 cm³/mol. The molecule has 0 unspecified atom stereocenters. The zero-order valence-corrected chi connectivity index (χ0v) is 19.0. The van der Waals surface area contributed by atoms with Crippen molar-refractivity contribution in [3.8, 4) is 0 Å². The lowest BCUT2D eigenvalue weighted by Crippen LogP contribution is -2.45. The van der Waals surface area contributed by atoms with Crippen molar-refractivity contribution < 1.29 is 27.6 Å². The first kappa shape index (κ1) is 26.1. The van der Waals surface area contributed by atoms with E-state index in [2.05, 4.69) is 16.0 Å². The Bertz CT molecular complexity index is 1010. The van der Waals surface area contributed by atoms with Crippen molar-refractivity contribution in [3.63, 3.8) is 0 Å². The highest BCUT2D eigenvalue weighted by molar-refractivity contribution is 6.30. The summed E-state index contributed by atoms with van der Waals surface area (Å²) in [6.45, 7) is 4.74. The minimum atomic E-state index is -4.70. The quantitative estimate of drug-likeness (QED) is 0.510. The summed E-state index contributed by atoms with van der Waals surface area (Å²) >= 11 is 5.67. The molecule has 0 aliphatic rings. The van der Waals surface area contributed by atoms with Crippen LogP contribution in [0.25, 0.3) is 0 Å². The molecular weight excluding hydrogens is 461 g/mol. The fourth-order valence-corrected chi connectivity index (χ4v) is 3.18. The second kappa shape index (κ2) is 11.2. The lowest BCUT2D eigenvalue weighted by Gasteiger charge is -2.26. The monoisotopic (exact) mass is 484 g/mol. The largest absolute Gasteiger partial charge is 0.418 e. The number of amides is 3. The molecule has 2 aromatic rings. The highest BCUT2D eigenvalue weighted by Crippen LogP contribution is 2.36. The van der Waals surface area contributed by atoms with Crippen LogP contribution in [-0.2, 0) is 20.6 Å². The number of carbonyl (C=O) groups excluding carboxylic acids is 3. The third kappa shape index (κ3) is 7.76. The number of carbonyl (C=O) groups is 3. The first-order valence-corrected chi connectivity index (χ1v) is 10.4. The first-order chi connectivity index (χ1) is 15.4. The number of nitrogens with one attached hydrogen (secondary N) is 3. The van der Waals surface area contributed by atoms with Crippen LogP contribution in [0, 0.1) is 0 Å². The zero-order chi connectivity index (χ0) is 24.8. The molecule has 0 bridgehead atoms. The summed E-state index contributed by atoms with van der Waals surface area (Å²) in [5.41, 5.74) is -0.415. The SMILES string of the molecule is CCN(CC(=O)Nc1ccc(NC(C)=O)cc1)[C@@H](C)C(=O)Nc1ccc(Cl)cc1C(F)(F)F. The maximum absolute atomic E-state index is 13.3. The van der Waals surface area contributed by atoms with Gasteiger partial charge in [0.1, 0.15) is 0 Å². The molecule has 11 heteroatoms. The molecule has 0 saturated carbocycles. The smallest absolute Gasteiger partial charge is 0.326 e. The molecule has 2 aromatic carbocycles. The molecule has 0 aromatic heterocycles. The first-order valence-electron chi connectivity index (χ1n) is 10.00. The van der Waals surface area contributed by atoms with Gasteiger partial charge in [-0.3, -0.25) is 19.3 Å². The molecule has 7 nitrogen and oxygen atoms in total. The Labute approximate surface area is 194 Å². The molecule has 33 heavy (non-hydrogen) atoms. The molecule has 0 aliphatic carbocycles. The molecule has 3 amide bonds. The van der Waals surface area contributed by atoms with Crippen molar-refractivity contribution in [3.05, 3.63) is 53.1 Å². The maximum Gasteiger partial charge on any atom is 0.418 e. The van der Waals surface area contributed by atoms with E-state index in [4.69, 9.17) is 11.6 Å². The fourth-order valence-electron chi connectivity index (χ4n) is 3.01. The van der Waals surface area contributed by atoms with Gasteiger partial charge in [0, 0.05) is 23.3 Å². The highest BCUT2D eigenvalue weighted by atomic mass is 35.5. The number of hydrogen-bond donors (Lipinski definition) is 3. The minimum absolute atomic E-state index is 0.106. The van der Waals surface area contributed by atoms with Gasteiger partial charge < -0.3 is 16.0 Å². The minimum Gasteiger partial charge on any atom is -0.326 e. The van der Waals surface area contributed by atoms with Gasteiger partial charge in [-0.15, -0.1) is 0 Å². The fraction of sp³-hybridized carbons (Fsp3) is 0.318. The summed E-state index contributed by atoms with van der Waals surface area (Å²) in [6, 6.07) is 8.64. The van der Waals surface area contributed by atoms with E-state index in [1.165, 1.54) is 24.8 Å². The number of halogens is 4. The van der Waals surface area contributed by atoms with E-state index in [0.717, 1.165) is 12.1 Å². The average Bonchev–Trinajstić information content (AvgIpc) is 2.73. The van der Waals surface area contributed by atoms with Gasteiger partial charge in [-0.25, -0.2) is 0 Å². The normalized spacial score (nSPS) is 12.2. The molecule has 178 valence electrons. The van der Waals surface area contributed by atoms with E-state index in [1.54, 1.807) is 31.2 Å². The molecule has 0 saturated heterocycles. The van der Waals surface area contributed by atoms with Gasteiger partial charge in [0.15, 0.2) is 0 Å². The van der Waals surface area contributed by atoms with Crippen LogP contribution in [0.15, 0.2) is 42.5 Å². The van der Waals surface area contributed by atoms with Crippen molar-refractivity contribution in [2.45, 2.75) is 33.0 Å². The molecule has 0 radical (unpaired) electrons.